The number of benzene rings is 2. The van der Waals surface area contributed by atoms with Crippen molar-refractivity contribution in [3.63, 3.8) is 0 Å². The first-order valence-corrected chi connectivity index (χ1v) is 14.2. The number of aromatic nitrogens is 2. The Bertz CT molecular complexity index is 1400. The number of rotatable bonds is 8. The van der Waals surface area contributed by atoms with Crippen molar-refractivity contribution in [3.8, 4) is 11.5 Å². The fraction of sp³-hybridized carbons (Fsp3) is 0.467. The first kappa shape index (κ1) is 27.1. The maximum absolute atomic E-state index is 14.8. The summed E-state index contributed by atoms with van der Waals surface area (Å²) in [6.07, 6.45) is 4.79. The van der Waals surface area contributed by atoms with Gasteiger partial charge in [0, 0.05) is 30.3 Å². The molecule has 2 aromatic carbocycles. The molecule has 1 aromatic heterocycles. The number of carbonyl (C=O) groups excluding carboxylic acids is 1. The molecular weight excluding hydrogens is 537 g/mol. The smallest absolute Gasteiger partial charge is 0.358 e. The van der Waals surface area contributed by atoms with Crippen LogP contribution in [0.15, 0.2) is 42.6 Å². The van der Waals surface area contributed by atoms with E-state index in [-0.39, 0.29) is 12.0 Å². The van der Waals surface area contributed by atoms with Gasteiger partial charge in [0.25, 0.3) is 5.79 Å². The highest BCUT2D eigenvalue weighted by molar-refractivity contribution is 6.30. The predicted octanol–water partition coefficient (Wildman–Crippen LogP) is 5.66. The van der Waals surface area contributed by atoms with Crippen LogP contribution in [0.25, 0.3) is 0 Å². The third kappa shape index (κ3) is 5.30. The van der Waals surface area contributed by atoms with Crippen LogP contribution in [0.2, 0.25) is 5.02 Å². The lowest BCUT2D eigenvalue weighted by Crippen LogP contribution is -2.35. The highest BCUT2D eigenvalue weighted by Gasteiger charge is 2.43. The van der Waals surface area contributed by atoms with Gasteiger partial charge in [0.1, 0.15) is 11.6 Å². The molecule has 0 saturated carbocycles. The minimum atomic E-state index is -1.27. The summed E-state index contributed by atoms with van der Waals surface area (Å²) < 4.78 is 40.1. The molecule has 10 heteroatoms. The van der Waals surface area contributed by atoms with Crippen LogP contribution in [0.3, 0.4) is 0 Å². The standard InChI is InChI=1S/C30H33ClFN3O5/c1-3-37-29(36)25-17-35(16-21-11-14-38-21)27(33-25)18-34-12-9-19(10-13-34)22-5-4-6-26-28(22)40-30(2,39-26)23-8-7-20(31)15-24(23)32/h4-8,15,17,19,21H,3,9-14,16,18H2,1-2H3/t21-,30-/m0/s1. The molecule has 6 rings (SSSR count). The Morgan fingerprint density at radius 1 is 1.20 bits per heavy atom. The van der Waals surface area contributed by atoms with Gasteiger partial charge in [-0.25, -0.2) is 14.2 Å². The summed E-state index contributed by atoms with van der Waals surface area (Å²) in [5.41, 5.74) is 1.71. The largest absolute Gasteiger partial charge is 0.461 e. The van der Waals surface area contributed by atoms with Crippen molar-refractivity contribution < 1.29 is 28.1 Å². The second-order valence-electron chi connectivity index (χ2n) is 10.7. The van der Waals surface area contributed by atoms with E-state index in [1.165, 1.54) is 6.07 Å². The Kier molecular flexibility index (Phi) is 7.46. The maximum Gasteiger partial charge on any atom is 0.358 e. The van der Waals surface area contributed by atoms with Crippen molar-refractivity contribution in [1.82, 2.24) is 14.5 Å². The highest BCUT2D eigenvalue weighted by atomic mass is 35.5. The zero-order valence-corrected chi connectivity index (χ0v) is 23.5. The molecule has 0 amide bonds. The molecule has 0 N–H and O–H groups in total. The number of nitrogens with zero attached hydrogens (tertiary/aromatic N) is 3. The quantitative estimate of drug-likeness (QED) is 0.324. The number of esters is 1. The number of imidazole rings is 1. The molecule has 4 heterocycles. The first-order chi connectivity index (χ1) is 19.3. The first-order valence-electron chi connectivity index (χ1n) is 13.9. The summed E-state index contributed by atoms with van der Waals surface area (Å²) in [6.45, 7) is 7.65. The third-order valence-corrected chi connectivity index (χ3v) is 8.20. The van der Waals surface area contributed by atoms with E-state index in [4.69, 9.17) is 30.5 Å². The van der Waals surface area contributed by atoms with Crippen LogP contribution >= 0.6 is 11.6 Å². The Hall–Kier alpha value is -3.14. The molecule has 0 aliphatic carbocycles. The minimum Gasteiger partial charge on any atom is -0.461 e. The SMILES string of the molecule is CCOC(=O)c1cn(C[C@@H]2CCO2)c(CN2CCC(c3cccc4c3O[C@@](C)(c3ccc(Cl)cc3F)O4)CC2)n1. The summed E-state index contributed by atoms with van der Waals surface area (Å²) in [5.74, 6) is 0.260. The summed E-state index contributed by atoms with van der Waals surface area (Å²) in [5, 5.41) is 0.323. The number of halogens is 2. The van der Waals surface area contributed by atoms with Crippen LogP contribution in [0, 0.1) is 5.82 Å². The second kappa shape index (κ2) is 11.0. The average molecular weight is 570 g/mol. The summed E-state index contributed by atoms with van der Waals surface area (Å²) in [4.78, 5) is 19.3. The van der Waals surface area contributed by atoms with Gasteiger partial charge in [-0.15, -0.1) is 0 Å². The van der Waals surface area contributed by atoms with Gasteiger partial charge < -0.3 is 23.5 Å². The van der Waals surface area contributed by atoms with Crippen molar-refractivity contribution in [2.45, 2.75) is 64.0 Å². The van der Waals surface area contributed by atoms with Gasteiger partial charge in [-0.05, 0) is 69.5 Å². The van der Waals surface area contributed by atoms with E-state index in [0.717, 1.165) is 50.3 Å². The normalized spacial score (nSPS) is 22.8. The molecule has 40 heavy (non-hydrogen) atoms. The van der Waals surface area contributed by atoms with E-state index in [1.54, 1.807) is 32.2 Å². The molecule has 3 aliphatic heterocycles. The molecule has 2 saturated heterocycles. The number of fused-ring (bicyclic) bond motifs is 1. The molecule has 2 atom stereocenters. The topological polar surface area (TPSA) is 75.1 Å². The summed E-state index contributed by atoms with van der Waals surface area (Å²) >= 11 is 5.96. The molecule has 8 nitrogen and oxygen atoms in total. The zero-order valence-electron chi connectivity index (χ0n) is 22.7. The Morgan fingerprint density at radius 3 is 2.70 bits per heavy atom. The van der Waals surface area contributed by atoms with Gasteiger partial charge >= 0.3 is 5.97 Å². The van der Waals surface area contributed by atoms with Crippen molar-refractivity contribution in [2.75, 3.05) is 26.3 Å². The van der Waals surface area contributed by atoms with Gasteiger partial charge in [-0.2, -0.15) is 0 Å². The number of hydrogen-bond acceptors (Lipinski definition) is 7. The predicted molar refractivity (Wildman–Crippen MR) is 146 cm³/mol. The number of likely N-dealkylation sites (tertiary alicyclic amines) is 1. The Morgan fingerprint density at radius 2 is 2.00 bits per heavy atom. The highest BCUT2D eigenvalue weighted by Crippen LogP contribution is 2.49. The minimum absolute atomic E-state index is 0.156. The van der Waals surface area contributed by atoms with E-state index in [1.807, 2.05) is 16.7 Å². The van der Waals surface area contributed by atoms with Crippen LogP contribution in [-0.2, 0) is 28.4 Å². The molecule has 0 unspecified atom stereocenters. The van der Waals surface area contributed by atoms with E-state index in [2.05, 4.69) is 16.0 Å². The van der Waals surface area contributed by atoms with Crippen molar-refractivity contribution in [2.24, 2.45) is 0 Å². The third-order valence-electron chi connectivity index (χ3n) is 7.96. The molecule has 0 spiro atoms. The van der Waals surface area contributed by atoms with Crippen molar-refractivity contribution >= 4 is 17.6 Å². The van der Waals surface area contributed by atoms with Crippen LogP contribution < -0.4 is 9.47 Å². The molecule has 3 aliphatic rings. The molecular formula is C30H33ClFN3O5. The lowest BCUT2D eigenvalue weighted by atomic mass is 9.88. The Balaban J connectivity index is 1.14. The van der Waals surface area contributed by atoms with Gasteiger partial charge in [0.05, 0.1) is 31.4 Å². The lowest BCUT2D eigenvalue weighted by molar-refractivity contribution is -0.0712. The van der Waals surface area contributed by atoms with Crippen LogP contribution in [-0.4, -0.2) is 52.8 Å². The van der Waals surface area contributed by atoms with Crippen molar-refractivity contribution in [3.05, 3.63) is 76.1 Å². The fourth-order valence-corrected chi connectivity index (χ4v) is 5.89. The van der Waals surface area contributed by atoms with Gasteiger partial charge in [0.15, 0.2) is 17.2 Å². The molecule has 0 radical (unpaired) electrons. The zero-order chi connectivity index (χ0) is 27.9. The van der Waals surface area contributed by atoms with Gasteiger partial charge in [-0.1, -0.05) is 23.7 Å². The van der Waals surface area contributed by atoms with Gasteiger partial charge in [0.2, 0.25) is 0 Å². The number of hydrogen-bond donors (Lipinski definition) is 0. The van der Waals surface area contributed by atoms with E-state index in [9.17, 15) is 9.18 Å². The number of carbonyl (C=O) groups is 1. The van der Waals surface area contributed by atoms with Crippen LogP contribution in [0.1, 0.15) is 66.5 Å². The number of ether oxygens (including phenoxy) is 4. The summed E-state index contributed by atoms with van der Waals surface area (Å²) in [7, 11) is 0. The van der Waals surface area contributed by atoms with Crippen LogP contribution in [0.4, 0.5) is 4.39 Å². The van der Waals surface area contributed by atoms with Crippen LogP contribution in [0.5, 0.6) is 11.5 Å². The molecule has 2 fully saturated rings. The average Bonchev–Trinajstić information content (AvgIpc) is 3.47. The van der Waals surface area contributed by atoms with E-state index >= 15 is 0 Å². The Labute approximate surface area is 237 Å². The second-order valence-corrected chi connectivity index (χ2v) is 11.1. The monoisotopic (exact) mass is 569 g/mol. The van der Waals surface area contributed by atoms with E-state index < -0.39 is 17.6 Å². The summed E-state index contributed by atoms with van der Waals surface area (Å²) in [6, 6.07) is 10.4. The molecule has 0 bridgehead atoms. The molecule has 3 aromatic rings. The number of piperidine rings is 1. The molecule has 212 valence electrons. The maximum atomic E-state index is 14.8. The fourth-order valence-electron chi connectivity index (χ4n) is 5.73. The van der Waals surface area contributed by atoms with E-state index in [0.29, 0.717) is 47.5 Å². The lowest BCUT2D eigenvalue weighted by Gasteiger charge is -2.33. The van der Waals surface area contributed by atoms with Gasteiger partial charge in [-0.3, -0.25) is 4.90 Å². The number of para-hydroxylation sites is 1. The van der Waals surface area contributed by atoms with Crippen molar-refractivity contribution in [1.29, 1.82) is 0 Å².